The Morgan fingerprint density at radius 1 is 1.13 bits per heavy atom. The first-order valence-corrected chi connectivity index (χ1v) is 10.4. The quantitative estimate of drug-likeness (QED) is 0.538. The molecule has 0 aliphatic rings. The second kappa shape index (κ2) is 10.0. The van der Waals surface area contributed by atoms with Gasteiger partial charge in [0.2, 0.25) is 5.91 Å². The highest BCUT2D eigenvalue weighted by Crippen LogP contribution is 2.18. The van der Waals surface area contributed by atoms with Crippen LogP contribution in [-0.2, 0) is 17.9 Å². The van der Waals surface area contributed by atoms with Gasteiger partial charge in [0, 0.05) is 17.8 Å². The number of nitrogens with one attached hydrogen (secondary N) is 2. The number of nitrogens with zero attached hydrogens (tertiary/aromatic N) is 3. The highest BCUT2D eigenvalue weighted by atomic mass is 32.2. The van der Waals surface area contributed by atoms with E-state index >= 15 is 0 Å². The molecule has 0 aliphatic carbocycles. The fraction of sp³-hybridized carbons (Fsp3) is 0.238. The fourth-order valence-corrected chi connectivity index (χ4v) is 3.64. The van der Waals surface area contributed by atoms with Crippen molar-refractivity contribution in [3.8, 4) is 0 Å². The first-order chi connectivity index (χ1) is 14.5. The number of benzene rings is 2. The van der Waals surface area contributed by atoms with Gasteiger partial charge >= 0.3 is 0 Å². The van der Waals surface area contributed by atoms with E-state index in [4.69, 9.17) is 0 Å². The van der Waals surface area contributed by atoms with Crippen LogP contribution in [0.3, 0.4) is 0 Å². The summed E-state index contributed by atoms with van der Waals surface area (Å²) in [5.74, 6) is -0.168. The van der Waals surface area contributed by atoms with Crippen LogP contribution in [0.1, 0.15) is 28.7 Å². The second-order valence-corrected chi connectivity index (χ2v) is 7.48. The summed E-state index contributed by atoms with van der Waals surface area (Å²) >= 11 is 1.23. The van der Waals surface area contributed by atoms with Gasteiger partial charge in [-0.3, -0.25) is 9.59 Å². The Morgan fingerprint density at radius 2 is 1.93 bits per heavy atom. The van der Waals surface area contributed by atoms with Crippen molar-refractivity contribution in [3.05, 3.63) is 71.3 Å². The molecule has 0 atom stereocenters. The lowest BCUT2D eigenvalue weighted by Gasteiger charge is -2.09. The molecule has 0 bridgehead atoms. The van der Waals surface area contributed by atoms with Gasteiger partial charge in [-0.1, -0.05) is 35.5 Å². The number of hydrogen-bond acceptors (Lipinski definition) is 5. The molecule has 9 heteroatoms. The highest BCUT2D eigenvalue weighted by Gasteiger charge is 2.15. The number of aromatic nitrogens is 3. The maximum Gasteiger partial charge on any atom is 0.251 e. The van der Waals surface area contributed by atoms with E-state index < -0.39 is 5.82 Å². The lowest BCUT2D eigenvalue weighted by Crippen LogP contribution is -2.25. The Kier molecular flexibility index (Phi) is 7.18. The molecule has 156 valence electrons. The van der Waals surface area contributed by atoms with Gasteiger partial charge in [0.1, 0.15) is 5.82 Å². The first kappa shape index (κ1) is 21.5. The van der Waals surface area contributed by atoms with Gasteiger partial charge in [-0.05, 0) is 44.2 Å². The van der Waals surface area contributed by atoms with Crippen molar-refractivity contribution >= 4 is 29.3 Å². The van der Waals surface area contributed by atoms with Crippen LogP contribution in [0.25, 0.3) is 0 Å². The molecule has 3 aromatic rings. The van der Waals surface area contributed by atoms with E-state index in [1.807, 2.05) is 36.6 Å². The molecule has 0 radical (unpaired) electrons. The van der Waals surface area contributed by atoms with Crippen molar-refractivity contribution in [2.45, 2.75) is 32.1 Å². The lowest BCUT2D eigenvalue weighted by molar-refractivity contribution is -0.113. The largest absolute Gasteiger partial charge is 0.345 e. The number of halogens is 1. The molecule has 7 nitrogen and oxygen atoms in total. The van der Waals surface area contributed by atoms with Crippen molar-refractivity contribution in [1.29, 1.82) is 0 Å². The average Bonchev–Trinajstić information content (AvgIpc) is 3.12. The fourth-order valence-electron chi connectivity index (χ4n) is 2.82. The Labute approximate surface area is 178 Å². The second-order valence-electron chi connectivity index (χ2n) is 6.54. The van der Waals surface area contributed by atoms with Crippen LogP contribution >= 0.6 is 11.8 Å². The van der Waals surface area contributed by atoms with Crippen molar-refractivity contribution in [1.82, 2.24) is 20.1 Å². The molecule has 0 aliphatic heterocycles. The average molecular weight is 428 g/mol. The zero-order valence-corrected chi connectivity index (χ0v) is 17.5. The number of thioether (sulfide) groups is 1. The van der Waals surface area contributed by atoms with Gasteiger partial charge in [0.25, 0.3) is 5.91 Å². The first-order valence-electron chi connectivity index (χ1n) is 9.41. The van der Waals surface area contributed by atoms with E-state index in [2.05, 4.69) is 20.8 Å². The minimum Gasteiger partial charge on any atom is -0.345 e. The molecule has 0 fully saturated rings. The molecule has 2 aromatic carbocycles. The summed E-state index contributed by atoms with van der Waals surface area (Å²) < 4.78 is 15.1. The highest BCUT2D eigenvalue weighted by molar-refractivity contribution is 7.99. The molecule has 30 heavy (non-hydrogen) atoms. The zero-order valence-electron chi connectivity index (χ0n) is 16.7. The van der Waals surface area contributed by atoms with E-state index in [0.29, 0.717) is 28.8 Å². The monoisotopic (exact) mass is 427 g/mol. The number of anilines is 1. The van der Waals surface area contributed by atoms with Crippen LogP contribution in [0, 0.1) is 12.7 Å². The Hall–Kier alpha value is -3.20. The predicted octanol–water partition coefficient (Wildman–Crippen LogP) is 3.41. The third-order valence-electron chi connectivity index (χ3n) is 4.24. The molecule has 0 saturated heterocycles. The van der Waals surface area contributed by atoms with Crippen LogP contribution in [0.5, 0.6) is 0 Å². The van der Waals surface area contributed by atoms with Crippen LogP contribution in [0.2, 0.25) is 0 Å². The zero-order chi connectivity index (χ0) is 21.5. The Bertz CT molecular complexity index is 1050. The predicted molar refractivity (Wildman–Crippen MR) is 114 cm³/mol. The van der Waals surface area contributed by atoms with E-state index in [0.717, 1.165) is 5.56 Å². The summed E-state index contributed by atoms with van der Waals surface area (Å²) in [6.45, 7) is 4.69. The van der Waals surface area contributed by atoms with Crippen molar-refractivity contribution in [3.63, 3.8) is 0 Å². The molecule has 3 rings (SSSR count). The van der Waals surface area contributed by atoms with Crippen molar-refractivity contribution in [2.75, 3.05) is 11.1 Å². The molecule has 0 unspecified atom stereocenters. The summed E-state index contributed by atoms with van der Waals surface area (Å²) in [5.41, 5.74) is 1.99. The summed E-state index contributed by atoms with van der Waals surface area (Å²) in [6.07, 6.45) is 0. The SMILES string of the molecule is CCn1c(CNC(=O)c2cccc(C)c2)nnc1SCC(=O)Nc1cccc(F)c1. The molecule has 0 spiro atoms. The van der Waals surface area contributed by atoms with Gasteiger partial charge in [0.15, 0.2) is 11.0 Å². The summed E-state index contributed by atoms with van der Waals surface area (Å²) in [4.78, 5) is 24.5. The van der Waals surface area contributed by atoms with Gasteiger partial charge in [0.05, 0.1) is 12.3 Å². The molecular formula is C21H22FN5O2S. The summed E-state index contributed by atoms with van der Waals surface area (Å²) in [7, 11) is 0. The Balaban J connectivity index is 1.57. The number of hydrogen-bond donors (Lipinski definition) is 2. The van der Waals surface area contributed by atoms with Gasteiger partial charge in [-0.25, -0.2) is 4.39 Å². The Morgan fingerprint density at radius 3 is 2.67 bits per heavy atom. The molecule has 2 N–H and O–H groups in total. The number of aryl methyl sites for hydroxylation is 1. The van der Waals surface area contributed by atoms with Gasteiger partial charge in [-0.15, -0.1) is 10.2 Å². The van der Waals surface area contributed by atoms with E-state index in [1.54, 1.807) is 12.1 Å². The molecule has 0 saturated carbocycles. The van der Waals surface area contributed by atoms with E-state index in [-0.39, 0.29) is 24.1 Å². The molecule has 2 amide bonds. The van der Waals surface area contributed by atoms with E-state index in [9.17, 15) is 14.0 Å². The molecular weight excluding hydrogens is 405 g/mol. The van der Waals surface area contributed by atoms with Crippen LogP contribution in [-0.4, -0.2) is 32.3 Å². The smallest absolute Gasteiger partial charge is 0.251 e. The van der Waals surface area contributed by atoms with Gasteiger partial charge in [-0.2, -0.15) is 0 Å². The maximum absolute atomic E-state index is 13.2. The topological polar surface area (TPSA) is 88.9 Å². The number of rotatable bonds is 8. The van der Waals surface area contributed by atoms with Crippen molar-refractivity contribution in [2.24, 2.45) is 0 Å². The standard InChI is InChI=1S/C21H22FN5O2S/c1-3-27-18(12-23-20(29)15-7-4-6-14(2)10-15)25-26-21(27)30-13-19(28)24-17-9-5-8-16(22)11-17/h4-11H,3,12-13H2,1-2H3,(H,23,29)(H,24,28). The van der Waals surface area contributed by atoms with Crippen LogP contribution < -0.4 is 10.6 Å². The summed E-state index contributed by atoms with van der Waals surface area (Å²) in [6, 6.07) is 13.1. The normalized spacial score (nSPS) is 10.6. The van der Waals surface area contributed by atoms with Crippen LogP contribution in [0.4, 0.5) is 10.1 Å². The maximum atomic E-state index is 13.2. The van der Waals surface area contributed by atoms with Crippen molar-refractivity contribution < 1.29 is 14.0 Å². The number of amides is 2. The minimum atomic E-state index is -0.413. The minimum absolute atomic E-state index is 0.101. The van der Waals surface area contributed by atoms with Crippen LogP contribution in [0.15, 0.2) is 53.7 Å². The third-order valence-corrected chi connectivity index (χ3v) is 5.20. The third kappa shape index (κ3) is 5.66. The number of carbonyl (C=O) groups is 2. The number of carbonyl (C=O) groups excluding carboxylic acids is 2. The lowest BCUT2D eigenvalue weighted by atomic mass is 10.1. The van der Waals surface area contributed by atoms with Gasteiger partial charge < -0.3 is 15.2 Å². The van der Waals surface area contributed by atoms with E-state index in [1.165, 1.54) is 30.0 Å². The summed E-state index contributed by atoms with van der Waals surface area (Å²) in [5, 5.41) is 14.3. The molecule has 1 aromatic heterocycles. The molecule has 1 heterocycles.